The maximum Gasteiger partial charge on any atom is 0.199 e. The molecule has 0 N–H and O–H groups in total. The number of halogens is 2. The van der Waals surface area contributed by atoms with Gasteiger partial charge in [0.15, 0.2) is 5.69 Å². The number of benzene rings is 1. The Morgan fingerprint density at radius 1 is 1.47 bits per heavy atom. The van der Waals surface area contributed by atoms with Crippen molar-refractivity contribution in [3.8, 4) is 11.3 Å². The van der Waals surface area contributed by atoms with E-state index in [1.807, 2.05) is 14.0 Å². The van der Waals surface area contributed by atoms with Gasteiger partial charge in [0, 0.05) is 17.6 Å². The fourth-order valence-corrected chi connectivity index (χ4v) is 2.61. The molecule has 2 rings (SSSR count). The Morgan fingerprint density at radius 3 is 2.71 bits per heavy atom. The maximum atomic E-state index is 7.28. The van der Waals surface area contributed by atoms with Gasteiger partial charge in [-0.3, -0.25) is 4.68 Å². The molecule has 3 nitrogen and oxygen atoms in total. The summed E-state index contributed by atoms with van der Waals surface area (Å²) in [7, 11) is 1.84. The van der Waals surface area contributed by atoms with Gasteiger partial charge in [0.25, 0.3) is 0 Å². The Morgan fingerprint density at radius 2 is 2.18 bits per heavy atom. The van der Waals surface area contributed by atoms with Gasteiger partial charge < -0.3 is 0 Å². The molecule has 0 fully saturated rings. The molecule has 0 aliphatic heterocycles. The number of hydrogen-bond acceptors (Lipinski definition) is 1. The van der Waals surface area contributed by atoms with E-state index in [0.29, 0.717) is 10.7 Å². The van der Waals surface area contributed by atoms with Crippen LogP contribution in [0.15, 0.2) is 22.8 Å². The normalized spacial score (nSPS) is 10.3. The van der Waals surface area contributed by atoms with Gasteiger partial charge >= 0.3 is 0 Å². The lowest BCUT2D eigenvalue weighted by molar-refractivity contribution is 0.776. The molecule has 0 unspecified atom stereocenters. The minimum Gasteiger partial charge on any atom is -0.268 e. The summed E-state index contributed by atoms with van der Waals surface area (Å²) in [6.45, 7) is 9.16. The van der Waals surface area contributed by atoms with Gasteiger partial charge in [0.05, 0.1) is 22.9 Å². The highest BCUT2D eigenvalue weighted by Crippen LogP contribution is 2.38. The summed E-state index contributed by atoms with van der Waals surface area (Å²) >= 11 is 9.49. The predicted octanol–water partition coefficient (Wildman–Crippen LogP) is 4.36. The molecule has 0 saturated heterocycles. The molecular weight excluding hydrogens is 302 g/mol. The van der Waals surface area contributed by atoms with Gasteiger partial charge in [-0.15, -0.1) is 0 Å². The molecule has 86 valence electrons. The van der Waals surface area contributed by atoms with Crippen molar-refractivity contribution in [2.75, 3.05) is 0 Å². The third-order valence-electron chi connectivity index (χ3n) is 2.53. The summed E-state index contributed by atoms with van der Waals surface area (Å²) in [6, 6.07) is 3.59. The molecule has 0 aliphatic carbocycles. The molecule has 0 radical (unpaired) electrons. The molecule has 5 heteroatoms. The first kappa shape index (κ1) is 12.2. The largest absolute Gasteiger partial charge is 0.268 e. The third kappa shape index (κ3) is 2.08. The molecule has 0 atom stereocenters. The van der Waals surface area contributed by atoms with Gasteiger partial charge in [0.1, 0.15) is 0 Å². The van der Waals surface area contributed by atoms with Crippen LogP contribution in [0, 0.1) is 13.5 Å². The Hall–Kier alpha value is -1.31. The van der Waals surface area contributed by atoms with Gasteiger partial charge in [-0.2, -0.15) is 5.10 Å². The lowest BCUT2D eigenvalue weighted by Crippen LogP contribution is -1.94. The van der Waals surface area contributed by atoms with Crippen molar-refractivity contribution in [3.05, 3.63) is 44.8 Å². The van der Waals surface area contributed by atoms with E-state index >= 15 is 0 Å². The third-order valence-corrected chi connectivity index (χ3v) is 3.32. The first-order valence-electron chi connectivity index (χ1n) is 4.90. The zero-order chi connectivity index (χ0) is 12.6. The monoisotopic (exact) mass is 309 g/mol. The zero-order valence-corrected chi connectivity index (χ0v) is 11.7. The quantitative estimate of drug-likeness (QED) is 0.717. The highest BCUT2D eigenvalue weighted by Gasteiger charge is 2.15. The Kier molecular flexibility index (Phi) is 3.23. The van der Waals surface area contributed by atoms with Crippen LogP contribution in [-0.2, 0) is 7.05 Å². The van der Waals surface area contributed by atoms with Crippen LogP contribution in [0.1, 0.15) is 5.56 Å². The van der Waals surface area contributed by atoms with Crippen molar-refractivity contribution >= 4 is 33.2 Å². The standard InChI is InChI=1S/C12H9BrClN3/c1-7-4-8(14)5-9(11(7)15-2)12-10(13)6-16-17(12)3/h4-6H,1,3H3. The van der Waals surface area contributed by atoms with Crippen LogP contribution >= 0.6 is 27.5 Å². The van der Waals surface area contributed by atoms with Crippen LogP contribution in [-0.4, -0.2) is 9.78 Å². The van der Waals surface area contributed by atoms with Gasteiger partial charge in [0.2, 0.25) is 0 Å². The van der Waals surface area contributed by atoms with E-state index in [1.54, 1.807) is 23.0 Å². The van der Waals surface area contributed by atoms with Crippen molar-refractivity contribution in [2.24, 2.45) is 7.05 Å². The highest BCUT2D eigenvalue weighted by molar-refractivity contribution is 9.10. The van der Waals surface area contributed by atoms with E-state index in [9.17, 15) is 0 Å². The second-order valence-corrected chi connectivity index (χ2v) is 4.99. The topological polar surface area (TPSA) is 22.2 Å². The minimum atomic E-state index is 0.610. The number of nitrogens with zero attached hydrogens (tertiary/aromatic N) is 3. The van der Waals surface area contributed by atoms with Gasteiger partial charge in [-0.25, -0.2) is 4.85 Å². The minimum absolute atomic E-state index is 0.610. The fourth-order valence-electron chi connectivity index (χ4n) is 1.78. The predicted molar refractivity (Wildman–Crippen MR) is 72.4 cm³/mol. The SMILES string of the molecule is [C-]#[N+]c1c(C)cc(Cl)cc1-c1c(Br)cnn1C. The van der Waals surface area contributed by atoms with Crippen LogP contribution in [0.5, 0.6) is 0 Å². The zero-order valence-electron chi connectivity index (χ0n) is 9.33. The smallest absolute Gasteiger partial charge is 0.199 e. The molecule has 17 heavy (non-hydrogen) atoms. The van der Waals surface area contributed by atoms with E-state index < -0.39 is 0 Å². The number of rotatable bonds is 1. The van der Waals surface area contributed by atoms with Crippen LogP contribution < -0.4 is 0 Å². The number of aryl methyl sites for hydroxylation is 2. The molecule has 1 aromatic heterocycles. The number of aromatic nitrogens is 2. The molecule has 2 aromatic rings. The van der Waals surface area contributed by atoms with Crippen LogP contribution in [0.3, 0.4) is 0 Å². The van der Waals surface area contributed by atoms with Crippen LogP contribution in [0.25, 0.3) is 16.1 Å². The fraction of sp³-hybridized carbons (Fsp3) is 0.167. The maximum absolute atomic E-state index is 7.28. The molecule has 0 spiro atoms. The lowest BCUT2D eigenvalue weighted by atomic mass is 10.1. The molecule has 0 saturated carbocycles. The first-order chi connectivity index (χ1) is 8.04. The van der Waals surface area contributed by atoms with Gasteiger partial charge in [-0.1, -0.05) is 17.7 Å². The molecule has 0 amide bonds. The Balaban J connectivity index is 2.80. The van der Waals surface area contributed by atoms with Gasteiger partial charge in [-0.05, 0) is 34.5 Å². The molecule has 1 heterocycles. The summed E-state index contributed by atoms with van der Waals surface area (Å²) < 4.78 is 2.58. The number of hydrogen-bond donors (Lipinski definition) is 0. The summed E-state index contributed by atoms with van der Waals surface area (Å²) in [5.41, 5.74) is 3.15. The second-order valence-electron chi connectivity index (χ2n) is 3.70. The summed E-state index contributed by atoms with van der Waals surface area (Å²) in [4.78, 5) is 3.58. The highest BCUT2D eigenvalue weighted by atomic mass is 79.9. The molecular formula is C12H9BrClN3. The molecule has 1 aromatic carbocycles. The summed E-state index contributed by atoms with van der Waals surface area (Å²) in [5.74, 6) is 0. The van der Waals surface area contributed by atoms with E-state index in [1.165, 1.54) is 0 Å². The van der Waals surface area contributed by atoms with E-state index in [2.05, 4.69) is 25.9 Å². The van der Waals surface area contributed by atoms with Crippen molar-refractivity contribution in [2.45, 2.75) is 6.92 Å². The van der Waals surface area contributed by atoms with Crippen molar-refractivity contribution in [3.63, 3.8) is 0 Å². The van der Waals surface area contributed by atoms with Crippen molar-refractivity contribution in [1.29, 1.82) is 0 Å². The van der Waals surface area contributed by atoms with Crippen LogP contribution in [0.2, 0.25) is 5.02 Å². The second kappa shape index (κ2) is 4.52. The summed E-state index contributed by atoms with van der Waals surface area (Å²) in [6.07, 6.45) is 1.71. The first-order valence-corrected chi connectivity index (χ1v) is 6.07. The van der Waals surface area contributed by atoms with Crippen LogP contribution in [0.4, 0.5) is 5.69 Å². The van der Waals surface area contributed by atoms with E-state index in [0.717, 1.165) is 21.3 Å². The van der Waals surface area contributed by atoms with E-state index in [4.69, 9.17) is 18.2 Å². The van der Waals surface area contributed by atoms with Crippen molar-refractivity contribution in [1.82, 2.24) is 9.78 Å². The van der Waals surface area contributed by atoms with E-state index in [-0.39, 0.29) is 0 Å². The Bertz CT molecular complexity index is 606. The summed E-state index contributed by atoms with van der Waals surface area (Å²) in [5, 5.41) is 4.77. The van der Waals surface area contributed by atoms with Crippen molar-refractivity contribution < 1.29 is 0 Å². The average Bonchev–Trinajstić information content (AvgIpc) is 2.57. The molecule has 0 aliphatic rings. The molecule has 0 bridgehead atoms. The lowest BCUT2D eigenvalue weighted by Gasteiger charge is -2.09. The average molecular weight is 311 g/mol. The Labute approximate surface area is 113 Å².